The number of nitrogens with one attached hydrogen (secondary N) is 2. The van der Waals surface area contributed by atoms with E-state index in [2.05, 4.69) is 22.8 Å². The van der Waals surface area contributed by atoms with Gasteiger partial charge in [-0.1, -0.05) is 6.92 Å². The highest BCUT2D eigenvalue weighted by molar-refractivity contribution is 7.80. The molecule has 0 radical (unpaired) electrons. The number of hydrogen-bond acceptors (Lipinski definition) is 2. The van der Waals surface area contributed by atoms with Crippen molar-refractivity contribution in [1.29, 1.82) is 0 Å². The van der Waals surface area contributed by atoms with Gasteiger partial charge in [0.1, 0.15) is 0 Å². The largest absolute Gasteiger partial charge is 0.362 e. The van der Waals surface area contributed by atoms with E-state index in [1.54, 1.807) is 0 Å². The Bertz CT molecular complexity index is 192. The van der Waals surface area contributed by atoms with Crippen molar-refractivity contribution >= 4 is 23.0 Å². The third-order valence-electron chi connectivity index (χ3n) is 1.82. The molecule has 0 aromatic heterocycles. The Balaban J connectivity index is 2.16. The summed E-state index contributed by atoms with van der Waals surface area (Å²) in [7, 11) is 0. The molecule has 0 heterocycles. The number of thiocarbonyl (C=S) groups is 1. The molecule has 0 bridgehead atoms. The van der Waals surface area contributed by atoms with Crippen molar-refractivity contribution in [3.63, 3.8) is 0 Å². The lowest BCUT2D eigenvalue weighted by Gasteiger charge is -2.23. The van der Waals surface area contributed by atoms with Crippen LogP contribution in [0, 0.1) is 5.92 Å². The maximum Gasteiger partial charge on any atom is 0.186 e. The first-order chi connectivity index (χ1) is 5.72. The first-order valence-electron chi connectivity index (χ1n) is 4.31. The van der Waals surface area contributed by atoms with E-state index >= 15 is 0 Å². The Morgan fingerprint density at radius 1 is 1.67 bits per heavy atom. The number of nitrogens with zero attached hydrogens (tertiary/aromatic N) is 1. The van der Waals surface area contributed by atoms with E-state index in [0.29, 0.717) is 5.11 Å². The van der Waals surface area contributed by atoms with Gasteiger partial charge in [-0.2, -0.15) is 5.10 Å². The molecule has 0 aliphatic heterocycles. The van der Waals surface area contributed by atoms with Gasteiger partial charge in [-0.05, 0) is 37.9 Å². The fourth-order valence-corrected chi connectivity index (χ4v) is 1.36. The van der Waals surface area contributed by atoms with E-state index in [9.17, 15) is 0 Å². The van der Waals surface area contributed by atoms with Crippen molar-refractivity contribution in [1.82, 2.24) is 10.7 Å². The van der Waals surface area contributed by atoms with Crippen LogP contribution in [0.2, 0.25) is 0 Å². The SMILES string of the molecule is CCNC(=S)NN=C1CC(C)C1. The molecule has 0 spiro atoms. The fraction of sp³-hybridized carbons (Fsp3) is 0.750. The van der Waals surface area contributed by atoms with E-state index in [1.807, 2.05) is 6.92 Å². The Kier molecular flexibility index (Phi) is 3.47. The summed E-state index contributed by atoms with van der Waals surface area (Å²) in [6.45, 7) is 5.07. The van der Waals surface area contributed by atoms with E-state index in [4.69, 9.17) is 12.2 Å². The maximum absolute atomic E-state index is 4.94. The van der Waals surface area contributed by atoms with Crippen LogP contribution in [-0.4, -0.2) is 17.4 Å². The van der Waals surface area contributed by atoms with E-state index in [-0.39, 0.29) is 0 Å². The van der Waals surface area contributed by atoms with Crippen LogP contribution in [0.3, 0.4) is 0 Å². The predicted molar refractivity (Wildman–Crippen MR) is 55.2 cm³/mol. The van der Waals surface area contributed by atoms with Gasteiger partial charge < -0.3 is 5.32 Å². The average molecular weight is 185 g/mol. The van der Waals surface area contributed by atoms with Crippen molar-refractivity contribution in [3.05, 3.63) is 0 Å². The van der Waals surface area contributed by atoms with Gasteiger partial charge in [0, 0.05) is 12.3 Å². The minimum absolute atomic E-state index is 0.615. The van der Waals surface area contributed by atoms with E-state index in [1.165, 1.54) is 5.71 Å². The molecule has 1 saturated carbocycles. The third kappa shape index (κ3) is 2.77. The molecule has 3 nitrogen and oxygen atoms in total. The maximum atomic E-state index is 4.94. The molecule has 0 amide bonds. The summed E-state index contributed by atoms with van der Waals surface area (Å²) in [4.78, 5) is 0. The minimum atomic E-state index is 0.615. The second-order valence-electron chi connectivity index (χ2n) is 3.16. The van der Waals surface area contributed by atoms with Gasteiger partial charge in [0.15, 0.2) is 5.11 Å². The number of hydrazone groups is 1. The smallest absolute Gasteiger partial charge is 0.186 e. The molecule has 0 unspecified atom stereocenters. The Morgan fingerprint density at radius 2 is 2.33 bits per heavy atom. The van der Waals surface area contributed by atoms with Crippen LogP contribution in [0.1, 0.15) is 26.7 Å². The van der Waals surface area contributed by atoms with E-state index < -0.39 is 0 Å². The second kappa shape index (κ2) is 4.40. The molecule has 68 valence electrons. The average Bonchev–Trinajstić information content (AvgIpc) is 1.96. The molecule has 1 rings (SSSR count). The van der Waals surface area contributed by atoms with Crippen LogP contribution < -0.4 is 10.7 Å². The van der Waals surface area contributed by atoms with Gasteiger partial charge in [-0.15, -0.1) is 0 Å². The summed E-state index contributed by atoms with van der Waals surface area (Å²) in [6.07, 6.45) is 2.23. The molecular weight excluding hydrogens is 170 g/mol. The topological polar surface area (TPSA) is 36.4 Å². The molecule has 0 aromatic rings. The second-order valence-corrected chi connectivity index (χ2v) is 3.57. The molecule has 0 atom stereocenters. The zero-order valence-corrected chi connectivity index (χ0v) is 8.37. The Labute approximate surface area is 78.6 Å². The molecule has 2 N–H and O–H groups in total. The van der Waals surface area contributed by atoms with Gasteiger partial charge >= 0.3 is 0 Å². The predicted octanol–water partition coefficient (Wildman–Crippen LogP) is 1.26. The highest BCUT2D eigenvalue weighted by Gasteiger charge is 2.19. The van der Waals surface area contributed by atoms with Crippen molar-refractivity contribution in [3.8, 4) is 0 Å². The number of rotatable bonds is 2. The highest BCUT2D eigenvalue weighted by atomic mass is 32.1. The summed E-state index contributed by atoms with van der Waals surface area (Å²) in [6, 6.07) is 0. The molecular formula is C8H15N3S. The molecule has 12 heavy (non-hydrogen) atoms. The summed E-state index contributed by atoms with van der Waals surface area (Å²) < 4.78 is 0. The Morgan fingerprint density at radius 3 is 2.83 bits per heavy atom. The van der Waals surface area contributed by atoms with Crippen LogP contribution in [0.5, 0.6) is 0 Å². The molecule has 1 aliphatic carbocycles. The van der Waals surface area contributed by atoms with Crippen molar-refractivity contribution in [2.75, 3.05) is 6.54 Å². The Hall–Kier alpha value is -0.640. The molecule has 0 saturated heterocycles. The zero-order chi connectivity index (χ0) is 8.97. The summed E-state index contributed by atoms with van der Waals surface area (Å²) in [5.74, 6) is 0.804. The highest BCUT2D eigenvalue weighted by Crippen LogP contribution is 2.22. The van der Waals surface area contributed by atoms with Crippen LogP contribution in [0.25, 0.3) is 0 Å². The minimum Gasteiger partial charge on any atom is -0.362 e. The van der Waals surface area contributed by atoms with E-state index in [0.717, 1.165) is 25.3 Å². The van der Waals surface area contributed by atoms with Crippen LogP contribution in [-0.2, 0) is 0 Å². The molecule has 1 aliphatic rings. The monoisotopic (exact) mass is 185 g/mol. The zero-order valence-electron chi connectivity index (χ0n) is 7.55. The quantitative estimate of drug-likeness (QED) is 0.502. The lowest BCUT2D eigenvalue weighted by atomic mass is 9.85. The van der Waals surface area contributed by atoms with Gasteiger partial charge in [0.25, 0.3) is 0 Å². The molecule has 0 aromatic carbocycles. The first-order valence-corrected chi connectivity index (χ1v) is 4.72. The van der Waals surface area contributed by atoms with Gasteiger partial charge in [0.05, 0.1) is 0 Å². The van der Waals surface area contributed by atoms with Gasteiger partial charge in [0.2, 0.25) is 0 Å². The molecule has 1 fully saturated rings. The normalized spacial score (nSPS) is 21.2. The lowest BCUT2D eigenvalue weighted by Crippen LogP contribution is -2.34. The summed E-state index contributed by atoms with van der Waals surface area (Å²) in [5.41, 5.74) is 4.04. The van der Waals surface area contributed by atoms with Crippen LogP contribution >= 0.6 is 12.2 Å². The third-order valence-corrected chi connectivity index (χ3v) is 2.06. The van der Waals surface area contributed by atoms with Crippen molar-refractivity contribution < 1.29 is 0 Å². The van der Waals surface area contributed by atoms with Crippen molar-refractivity contribution in [2.24, 2.45) is 11.0 Å². The fourth-order valence-electron chi connectivity index (χ4n) is 1.17. The molecule has 4 heteroatoms. The number of hydrogen-bond donors (Lipinski definition) is 2. The van der Waals surface area contributed by atoms with Gasteiger partial charge in [-0.25, -0.2) is 0 Å². The standard InChI is InChI=1S/C8H15N3S/c1-3-9-8(12)11-10-7-4-6(2)5-7/h6H,3-5H2,1-2H3,(H2,9,11,12). The summed E-state index contributed by atoms with van der Waals surface area (Å²) in [5, 5.41) is 7.75. The van der Waals surface area contributed by atoms with Crippen molar-refractivity contribution in [2.45, 2.75) is 26.7 Å². The van der Waals surface area contributed by atoms with Crippen LogP contribution in [0.4, 0.5) is 0 Å². The van der Waals surface area contributed by atoms with Crippen LogP contribution in [0.15, 0.2) is 5.10 Å². The van der Waals surface area contributed by atoms with Gasteiger partial charge in [-0.3, -0.25) is 5.43 Å². The lowest BCUT2D eigenvalue weighted by molar-refractivity contribution is 0.550. The summed E-state index contributed by atoms with van der Waals surface area (Å²) >= 11 is 4.94. The first kappa shape index (κ1) is 9.45.